The van der Waals surface area contributed by atoms with Crippen molar-refractivity contribution in [2.24, 2.45) is 0 Å². The summed E-state index contributed by atoms with van der Waals surface area (Å²) in [4.78, 5) is 21.6. The van der Waals surface area contributed by atoms with Crippen molar-refractivity contribution >= 4 is 59.2 Å². The minimum absolute atomic E-state index is 0. The molecule has 0 fully saturated rings. The molecule has 8 heteroatoms. The maximum atomic E-state index is 8.88. The molecular weight excluding hydrogens is 198 g/mol. The molecule has 8 heavy (non-hydrogen) atoms. The van der Waals surface area contributed by atoms with Crippen LogP contribution in [0.25, 0.3) is 0 Å². The third-order valence-electron chi connectivity index (χ3n) is 0. The van der Waals surface area contributed by atoms with Crippen LogP contribution in [0.5, 0.6) is 0 Å². The predicted octanol–water partition coefficient (Wildman–Crippen LogP) is -2.40. The second-order valence-corrected chi connectivity index (χ2v) is 1.54. The van der Waals surface area contributed by atoms with Gasteiger partial charge in [0.05, 0.1) is 0 Å². The van der Waals surface area contributed by atoms with Gasteiger partial charge in [0.1, 0.15) is 0 Å². The zero-order chi connectivity index (χ0) is 4.50. The molecule has 0 aliphatic heterocycles. The van der Waals surface area contributed by atoms with Gasteiger partial charge in [0, 0.05) is 21.7 Å². The van der Waals surface area contributed by atoms with Crippen LogP contribution in [-0.4, -0.2) is 71.5 Å². The summed E-state index contributed by atoms with van der Waals surface area (Å²) in [6.07, 6.45) is 0. The van der Waals surface area contributed by atoms with Gasteiger partial charge >= 0.3 is 59.2 Å². The summed E-state index contributed by atoms with van der Waals surface area (Å²) in [5, 5.41) is 0. The van der Waals surface area contributed by atoms with Crippen LogP contribution in [0.2, 0.25) is 0 Å². The zero-order valence-electron chi connectivity index (χ0n) is 3.20. The van der Waals surface area contributed by atoms with Crippen LogP contribution in [0.4, 0.5) is 0 Å². The van der Waals surface area contributed by atoms with E-state index < -0.39 is 7.82 Å². The van der Waals surface area contributed by atoms with Gasteiger partial charge in [0.25, 0.3) is 0 Å². The first-order valence-electron chi connectivity index (χ1n) is 0.783. The van der Waals surface area contributed by atoms with Gasteiger partial charge in [-0.15, -0.1) is 0 Å². The van der Waals surface area contributed by atoms with Crippen LogP contribution in [0.3, 0.4) is 0 Å². The maximum Gasteiger partial charge on any atom is 0 e. The molecule has 0 saturated heterocycles. The molecule has 0 atom stereocenters. The van der Waals surface area contributed by atoms with Crippen LogP contribution < -0.4 is 0 Å². The molecule has 0 aromatic heterocycles. The molecule has 0 aliphatic rings. The first-order valence-corrected chi connectivity index (χ1v) is 2.35. The minimum Gasteiger partial charge on any atom is 0 e. The first-order chi connectivity index (χ1) is 2.00. The molecule has 0 aliphatic carbocycles. The van der Waals surface area contributed by atoms with Gasteiger partial charge in [0.2, 0.25) is 0 Å². The molecule has 0 amide bonds. The van der Waals surface area contributed by atoms with Gasteiger partial charge < -0.3 is 20.2 Å². The molecule has 5 nitrogen and oxygen atoms in total. The largest absolute Gasteiger partial charge is 0 e. The standard InChI is InChI=1S/K.H3O4P.H2O.Ti.H/c;1-5(2,3)4;;;/h;(H3,1,2,3,4);1H2;;. The van der Waals surface area contributed by atoms with Crippen molar-refractivity contribution in [3.63, 3.8) is 0 Å². The normalized spacial score (nSPS) is 7.38. The quantitative estimate of drug-likeness (QED) is 0.301. The number of hydrogen-bond acceptors (Lipinski definition) is 1. The SMILES string of the molecule is O.O=P(O)(O)O.[KH].[Ti]. The Morgan fingerprint density at radius 2 is 1.12 bits per heavy atom. The average Bonchev–Trinajstić information content (AvgIpc) is 0.722. The van der Waals surface area contributed by atoms with Gasteiger partial charge in [-0.3, -0.25) is 0 Å². The third kappa shape index (κ3) is 79.1. The van der Waals surface area contributed by atoms with Gasteiger partial charge in [0.15, 0.2) is 0 Å². The van der Waals surface area contributed by atoms with Crippen LogP contribution >= 0.6 is 7.82 Å². The van der Waals surface area contributed by atoms with E-state index in [1.165, 1.54) is 0 Å². The first kappa shape index (κ1) is 22.4. The summed E-state index contributed by atoms with van der Waals surface area (Å²) in [6.45, 7) is 0. The maximum absolute atomic E-state index is 8.88. The molecule has 0 heterocycles. The Morgan fingerprint density at radius 3 is 1.12 bits per heavy atom. The molecule has 0 rings (SSSR count). The van der Waals surface area contributed by atoms with E-state index in [0.29, 0.717) is 0 Å². The number of rotatable bonds is 0. The van der Waals surface area contributed by atoms with Gasteiger partial charge in [-0.25, -0.2) is 4.57 Å². The Bertz CT molecular complexity index is 58.6. The van der Waals surface area contributed by atoms with E-state index in [0.717, 1.165) is 0 Å². The van der Waals surface area contributed by atoms with Crippen molar-refractivity contribution in [1.29, 1.82) is 0 Å². The average molecular weight is 204 g/mol. The zero-order valence-corrected chi connectivity index (χ0v) is 5.65. The van der Waals surface area contributed by atoms with Crippen molar-refractivity contribution in [3.05, 3.63) is 0 Å². The van der Waals surface area contributed by atoms with Crippen molar-refractivity contribution in [1.82, 2.24) is 0 Å². The fourth-order valence-electron chi connectivity index (χ4n) is 0. The van der Waals surface area contributed by atoms with E-state index in [9.17, 15) is 0 Å². The van der Waals surface area contributed by atoms with E-state index in [1.54, 1.807) is 0 Å². The fourth-order valence-corrected chi connectivity index (χ4v) is 0. The Kier molecular flexibility index (Phi) is 26.4. The second kappa shape index (κ2) is 9.42. The van der Waals surface area contributed by atoms with E-state index in [4.69, 9.17) is 19.2 Å². The summed E-state index contributed by atoms with van der Waals surface area (Å²) < 4.78 is 8.88. The Morgan fingerprint density at radius 1 is 1.12 bits per heavy atom. The molecule has 46 valence electrons. The third-order valence-corrected chi connectivity index (χ3v) is 0. The molecule has 0 unspecified atom stereocenters. The van der Waals surface area contributed by atoms with Crippen LogP contribution in [0.15, 0.2) is 0 Å². The van der Waals surface area contributed by atoms with E-state index in [1.807, 2.05) is 0 Å². The molecular formula is H6KO5PTi. The summed E-state index contributed by atoms with van der Waals surface area (Å²) in [6, 6.07) is 0. The van der Waals surface area contributed by atoms with Crippen LogP contribution in [0, 0.1) is 0 Å². The van der Waals surface area contributed by atoms with Gasteiger partial charge in [-0.2, -0.15) is 0 Å². The minimum atomic E-state index is -4.64. The van der Waals surface area contributed by atoms with E-state index in [-0.39, 0.29) is 78.6 Å². The fraction of sp³-hybridized carbons (Fsp3) is 0. The summed E-state index contributed by atoms with van der Waals surface area (Å²) in [7, 11) is -4.64. The Labute approximate surface area is 104 Å². The van der Waals surface area contributed by atoms with Crippen molar-refractivity contribution in [2.75, 3.05) is 0 Å². The molecule has 0 radical (unpaired) electrons. The van der Waals surface area contributed by atoms with Gasteiger partial charge in [-0.05, 0) is 0 Å². The van der Waals surface area contributed by atoms with Crippen LogP contribution in [0.1, 0.15) is 0 Å². The van der Waals surface area contributed by atoms with Crippen LogP contribution in [-0.2, 0) is 26.3 Å². The molecule has 5 N–H and O–H groups in total. The number of hydrogen-bond donors (Lipinski definition) is 3. The molecule has 0 aromatic rings. The predicted molar refractivity (Wildman–Crippen MR) is 25.0 cm³/mol. The molecule has 0 saturated carbocycles. The topological polar surface area (TPSA) is 109 Å². The summed E-state index contributed by atoms with van der Waals surface area (Å²) in [5.41, 5.74) is 0. The summed E-state index contributed by atoms with van der Waals surface area (Å²) >= 11 is 0. The van der Waals surface area contributed by atoms with Crippen molar-refractivity contribution in [2.45, 2.75) is 0 Å². The second-order valence-electron chi connectivity index (χ2n) is 0.513. The smallest absolute Gasteiger partial charge is 0 e. The molecule has 0 aromatic carbocycles. The van der Waals surface area contributed by atoms with E-state index >= 15 is 0 Å². The molecule has 0 bridgehead atoms. The Balaban J connectivity index is -0.0000000267. The van der Waals surface area contributed by atoms with E-state index in [2.05, 4.69) is 0 Å². The van der Waals surface area contributed by atoms with Gasteiger partial charge in [-0.1, -0.05) is 0 Å². The monoisotopic (exact) mass is 204 g/mol. The number of phosphoric acid groups is 1. The van der Waals surface area contributed by atoms with Crippen molar-refractivity contribution in [3.8, 4) is 0 Å². The molecule has 0 spiro atoms. The van der Waals surface area contributed by atoms with Crippen molar-refractivity contribution < 1.29 is 46.4 Å². The summed E-state index contributed by atoms with van der Waals surface area (Å²) in [5.74, 6) is 0. The Hall–Kier alpha value is 2.42.